The van der Waals surface area contributed by atoms with Crippen molar-refractivity contribution in [2.75, 3.05) is 13.2 Å². The number of hydrogen-bond donors (Lipinski definition) is 2. The third kappa shape index (κ3) is 5.45. The molecule has 0 spiro atoms. The highest BCUT2D eigenvalue weighted by molar-refractivity contribution is 7.12. The summed E-state index contributed by atoms with van der Waals surface area (Å²) in [7, 11) is 0. The molecule has 192 valence electrons. The molecule has 0 radical (unpaired) electrons. The summed E-state index contributed by atoms with van der Waals surface area (Å²) >= 11 is 1.47. The van der Waals surface area contributed by atoms with Gasteiger partial charge in [0.25, 0.3) is 0 Å². The molecule has 1 fully saturated rings. The summed E-state index contributed by atoms with van der Waals surface area (Å²) in [6, 6.07) is 15.4. The summed E-state index contributed by atoms with van der Waals surface area (Å²) < 4.78 is 7.61. The third-order valence-corrected chi connectivity index (χ3v) is 7.77. The minimum absolute atomic E-state index is 0.152. The Kier molecular flexibility index (Phi) is 7.39. The third-order valence-electron chi connectivity index (χ3n) is 6.73. The molecule has 0 bridgehead atoms. The molecule has 1 amide bonds. The summed E-state index contributed by atoms with van der Waals surface area (Å²) in [5.74, 6) is -0.158. The Morgan fingerprint density at radius 2 is 2.00 bits per heavy atom. The Morgan fingerprint density at radius 1 is 1.16 bits per heavy atom. The Balaban J connectivity index is 1.39. The van der Waals surface area contributed by atoms with Crippen LogP contribution in [-0.2, 0) is 4.79 Å². The molecule has 3 N–H and O–H groups in total. The summed E-state index contributed by atoms with van der Waals surface area (Å²) in [5, 5.41) is 10.5. The predicted molar refractivity (Wildman–Crippen MR) is 145 cm³/mol. The Bertz CT molecular complexity index is 1440. The maximum Gasteiger partial charge on any atom is 0.234 e. The van der Waals surface area contributed by atoms with E-state index in [0.717, 1.165) is 64.7 Å². The van der Waals surface area contributed by atoms with Crippen LogP contribution in [0.15, 0.2) is 54.7 Å². The number of ether oxygens (including phenoxy) is 1. The minimum Gasteiger partial charge on any atom is -0.494 e. The molecule has 2 heterocycles. The van der Waals surface area contributed by atoms with Gasteiger partial charge >= 0.3 is 0 Å². The lowest BCUT2D eigenvalue weighted by atomic mass is 9.98. The molecule has 2 aromatic heterocycles. The second kappa shape index (κ2) is 10.9. The number of fused-ring (bicyclic) bond motifs is 1. The number of aryl methyl sites for hydroxylation is 1. The molecule has 8 heteroatoms. The number of aromatic nitrogens is 2. The smallest absolute Gasteiger partial charge is 0.234 e. The van der Waals surface area contributed by atoms with Gasteiger partial charge in [0.2, 0.25) is 11.8 Å². The first-order valence-electron chi connectivity index (χ1n) is 12.7. The lowest BCUT2D eigenvalue weighted by Gasteiger charge is -2.13. The summed E-state index contributed by atoms with van der Waals surface area (Å²) in [5.41, 5.74) is 9.26. The topological polar surface area (TPSA) is 107 Å². The lowest BCUT2D eigenvalue weighted by Crippen LogP contribution is -2.22. The number of aliphatic hydroxyl groups excluding tert-OH is 1. The van der Waals surface area contributed by atoms with Crippen LogP contribution in [0.4, 0.5) is 0 Å². The number of unbranched alkanes of at least 4 members (excludes halogenated alkanes) is 2. The monoisotopic (exact) mass is 517 g/mol. The second-order valence-electron chi connectivity index (χ2n) is 9.57. The number of hydrogen-bond acceptors (Lipinski definition) is 6. The van der Waals surface area contributed by atoms with E-state index in [0.29, 0.717) is 17.4 Å². The number of nitrogens with two attached hydrogens (primary N) is 1. The van der Waals surface area contributed by atoms with Gasteiger partial charge in [0.1, 0.15) is 16.7 Å². The van der Waals surface area contributed by atoms with Crippen molar-refractivity contribution in [1.82, 2.24) is 9.55 Å². The van der Waals surface area contributed by atoms with Crippen molar-refractivity contribution in [1.29, 1.82) is 0 Å². The molecular formula is C29H31N3O4S. The molecule has 2 aromatic carbocycles. The molecule has 1 atom stereocenters. The fourth-order valence-corrected chi connectivity index (χ4v) is 5.69. The Morgan fingerprint density at radius 3 is 2.76 bits per heavy atom. The molecule has 4 aromatic rings. The van der Waals surface area contributed by atoms with E-state index in [4.69, 9.17) is 20.6 Å². The Hall–Kier alpha value is -3.49. The van der Waals surface area contributed by atoms with Gasteiger partial charge in [0.05, 0.1) is 17.8 Å². The number of nitrogens with zero attached hydrogens (tertiary/aromatic N) is 2. The van der Waals surface area contributed by atoms with Crippen LogP contribution < -0.4 is 10.5 Å². The number of carbonyl (C=O) groups is 2. The number of aliphatic hydroxyl groups is 1. The van der Waals surface area contributed by atoms with Gasteiger partial charge in [-0.15, -0.1) is 11.3 Å². The molecule has 37 heavy (non-hydrogen) atoms. The maximum absolute atomic E-state index is 12.6. The molecule has 7 nitrogen and oxygen atoms in total. The van der Waals surface area contributed by atoms with Crippen LogP contribution in [0.2, 0.25) is 0 Å². The van der Waals surface area contributed by atoms with E-state index >= 15 is 0 Å². The van der Waals surface area contributed by atoms with Gasteiger partial charge in [-0.3, -0.25) is 14.2 Å². The highest BCUT2D eigenvalue weighted by Gasteiger charge is 2.31. The van der Waals surface area contributed by atoms with Gasteiger partial charge in [-0.05, 0) is 74.9 Å². The maximum atomic E-state index is 12.6. The largest absolute Gasteiger partial charge is 0.494 e. The normalized spacial score (nSPS) is 14.1. The molecule has 1 aliphatic rings. The molecular weight excluding hydrogens is 486 g/mol. The Labute approximate surface area is 219 Å². The standard InChI is InChI=1S/C29H31N3O4S/c1-18-26(22-10-11-24-20(16-22)12-13-32(24)29(35)19-8-9-19)31-28(37-18)25(27(30)34)21-6-5-7-23(17-21)36-15-4-2-3-14-33/h5-7,10-13,16-17,19,25,33H,2-4,8-9,14-15H2,1H3,(H2,30,34). The zero-order valence-corrected chi connectivity index (χ0v) is 21.7. The van der Waals surface area contributed by atoms with Crippen molar-refractivity contribution in [2.24, 2.45) is 11.7 Å². The van der Waals surface area contributed by atoms with Crippen molar-refractivity contribution in [3.63, 3.8) is 0 Å². The van der Waals surface area contributed by atoms with E-state index in [1.165, 1.54) is 11.3 Å². The number of rotatable bonds is 11. The first-order valence-corrected chi connectivity index (χ1v) is 13.5. The van der Waals surface area contributed by atoms with Gasteiger partial charge in [-0.2, -0.15) is 0 Å². The van der Waals surface area contributed by atoms with Crippen LogP contribution in [0.1, 0.15) is 58.3 Å². The zero-order chi connectivity index (χ0) is 25.9. The van der Waals surface area contributed by atoms with Crippen molar-refractivity contribution in [2.45, 2.75) is 44.9 Å². The number of primary amides is 1. The number of benzene rings is 2. The van der Waals surface area contributed by atoms with Crippen molar-refractivity contribution >= 4 is 34.1 Å². The van der Waals surface area contributed by atoms with Gasteiger partial charge < -0.3 is 15.6 Å². The van der Waals surface area contributed by atoms with Gasteiger partial charge in [-0.1, -0.05) is 18.2 Å². The highest BCUT2D eigenvalue weighted by Crippen LogP contribution is 2.37. The summed E-state index contributed by atoms with van der Waals surface area (Å²) in [6.07, 6.45) is 6.29. The number of thiazole rings is 1. The first-order chi connectivity index (χ1) is 18.0. The number of amides is 1. The fourth-order valence-electron chi connectivity index (χ4n) is 4.61. The van der Waals surface area contributed by atoms with Gasteiger partial charge in [0, 0.05) is 34.5 Å². The van der Waals surface area contributed by atoms with E-state index in [1.54, 1.807) is 4.57 Å². The van der Waals surface area contributed by atoms with Crippen molar-refractivity contribution < 1.29 is 19.4 Å². The lowest BCUT2D eigenvalue weighted by molar-refractivity contribution is -0.118. The van der Waals surface area contributed by atoms with Crippen LogP contribution in [0.25, 0.3) is 22.2 Å². The second-order valence-corrected chi connectivity index (χ2v) is 10.8. The van der Waals surface area contributed by atoms with E-state index in [9.17, 15) is 9.59 Å². The molecule has 5 rings (SSSR count). The van der Waals surface area contributed by atoms with E-state index in [2.05, 4.69) is 0 Å². The van der Waals surface area contributed by atoms with Crippen LogP contribution in [0.5, 0.6) is 5.75 Å². The summed E-state index contributed by atoms with van der Waals surface area (Å²) in [4.78, 5) is 31.0. The van der Waals surface area contributed by atoms with Crippen LogP contribution in [0.3, 0.4) is 0 Å². The van der Waals surface area contributed by atoms with Crippen molar-refractivity contribution in [3.8, 4) is 17.0 Å². The van der Waals surface area contributed by atoms with E-state index in [1.807, 2.05) is 61.7 Å². The zero-order valence-electron chi connectivity index (χ0n) is 20.9. The van der Waals surface area contributed by atoms with E-state index in [-0.39, 0.29) is 18.4 Å². The first kappa shape index (κ1) is 25.2. The SMILES string of the molecule is Cc1sc(C(C(N)=O)c2cccc(OCCCCCO)c2)nc1-c1ccc2c(ccn2C(=O)C2CC2)c1. The van der Waals surface area contributed by atoms with Gasteiger partial charge in [0.15, 0.2) is 0 Å². The van der Waals surface area contributed by atoms with Crippen LogP contribution in [-0.4, -0.2) is 39.7 Å². The quantitative estimate of drug-likeness (QED) is 0.263. The van der Waals surface area contributed by atoms with Gasteiger partial charge in [-0.25, -0.2) is 4.98 Å². The van der Waals surface area contributed by atoms with Crippen molar-refractivity contribution in [3.05, 3.63) is 70.2 Å². The van der Waals surface area contributed by atoms with Crippen LogP contribution in [0, 0.1) is 12.8 Å². The number of carbonyl (C=O) groups excluding carboxylic acids is 2. The minimum atomic E-state index is -0.684. The molecule has 1 saturated carbocycles. The molecule has 1 unspecified atom stereocenters. The predicted octanol–water partition coefficient (Wildman–Crippen LogP) is 5.28. The average Bonchev–Trinajstić information content (AvgIpc) is 3.55. The molecule has 1 aliphatic carbocycles. The van der Waals surface area contributed by atoms with E-state index < -0.39 is 11.8 Å². The van der Waals surface area contributed by atoms with Crippen LogP contribution >= 0.6 is 11.3 Å². The fraction of sp³-hybridized carbons (Fsp3) is 0.345. The summed E-state index contributed by atoms with van der Waals surface area (Å²) in [6.45, 7) is 2.72. The molecule has 0 aliphatic heterocycles. The highest BCUT2D eigenvalue weighted by atomic mass is 32.1. The average molecular weight is 518 g/mol. The molecule has 0 saturated heterocycles.